The van der Waals surface area contributed by atoms with Gasteiger partial charge >= 0.3 is 0 Å². The zero-order chi connectivity index (χ0) is 14.3. The standard InChI is InChI=1S/C19H34N2/c1-2-8-16(9-3-1)13-15-21-19-11-5-4-10-17(19)18-12-6-7-14-20-18/h8,17-21H,1-7,9-15H2. The second kappa shape index (κ2) is 8.33. The largest absolute Gasteiger partial charge is 0.314 e. The molecule has 0 radical (unpaired) electrons. The molecule has 0 aromatic heterocycles. The van der Waals surface area contributed by atoms with E-state index < -0.39 is 0 Å². The first-order chi connectivity index (χ1) is 10.4. The second-order valence-electron chi connectivity index (χ2n) is 7.42. The van der Waals surface area contributed by atoms with Crippen LogP contribution in [0.25, 0.3) is 0 Å². The maximum Gasteiger partial charge on any atom is 0.0110 e. The highest BCUT2D eigenvalue weighted by Crippen LogP contribution is 2.30. The van der Waals surface area contributed by atoms with Crippen molar-refractivity contribution in [2.24, 2.45) is 5.92 Å². The van der Waals surface area contributed by atoms with Gasteiger partial charge in [-0.1, -0.05) is 30.9 Å². The number of rotatable bonds is 5. The predicted molar refractivity (Wildman–Crippen MR) is 90.6 cm³/mol. The summed E-state index contributed by atoms with van der Waals surface area (Å²) in [6.45, 7) is 2.46. The van der Waals surface area contributed by atoms with E-state index in [0.717, 1.165) is 18.0 Å². The van der Waals surface area contributed by atoms with Gasteiger partial charge in [0.1, 0.15) is 0 Å². The minimum Gasteiger partial charge on any atom is -0.314 e. The molecular weight excluding hydrogens is 256 g/mol. The maximum absolute atomic E-state index is 3.94. The van der Waals surface area contributed by atoms with E-state index in [1.807, 2.05) is 0 Å². The van der Waals surface area contributed by atoms with Crippen LogP contribution in [0.15, 0.2) is 11.6 Å². The van der Waals surface area contributed by atoms with Crippen molar-refractivity contribution < 1.29 is 0 Å². The lowest BCUT2D eigenvalue weighted by Crippen LogP contribution is -2.50. The van der Waals surface area contributed by atoms with Gasteiger partial charge in [-0.15, -0.1) is 0 Å². The smallest absolute Gasteiger partial charge is 0.0110 e. The lowest BCUT2D eigenvalue weighted by molar-refractivity contribution is 0.182. The Hall–Kier alpha value is -0.340. The highest BCUT2D eigenvalue weighted by molar-refractivity contribution is 5.05. The topological polar surface area (TPSA) is 24.1 Å². The molecule has 0 aromatic carbocycles. The monoisotopic (exact) mass is 290 g/mol. The lowest BCUT2D eigenvalue weighted by atomic mass is 9.77. The number of hydrogen-bond donors (Lipinski definition) is 2. The molecule has 2 aliphatic carbocycles. The second-order valence-corrected chi connectivity index (χ2v) is 7.42. The van der Waals surface area contributed by atoms with E-state index in [1.54, 1.807) is 5.57 Å². The molecule has 2 fully saturated rings. The summed E-state index contributed by atoms with van der Waals surface area (Å²) in [7, 11) is 0. The van der Waals surface area contributed by atoms with Crippen LogP contribution in [0.3, 0.4) is 0 Å². The first-order valence-electron chi connectivity index (χ1n) is 9.58. The number of nitrogens with one attached hydrogen (secondary N) is 2. The van der Waals surface area contributed by atoms with E-state index in [4.69, 9.17) is 0 Å². The quantitative estimate of drug-likeness (QED) is 0.743. The highest BCUT2D eigenvalue weighted by atomic mass is 15.0. The van der Waals surface area contributed by atoms with Gasteiger partial charge in [-0.25, -0.2) is 0 Å². The molecule has 0 spiro atoms. The molecule has 1 saturated carbocycles. The van der Waals surface area contributed by atoms with E-state index in [9.17, 15) is 0 Å². The molecule has 3 unspecified atom stereocenters. The summed E-state index contributed by atoms with van der Waals surface area (Å²) in [5, 5.41) is 7.74. The Morgan fingerprint density at radius 1 is 1.00 bits per heavy atom. The molecule has 1 aliphatic heterocycles. The van der Waals surface area contributed by atoms with Gasteiger partial charge in [-0.05, 0) is 76.8 Å². The maximum atomic E-state index is 3.94. The summed E-state index contributed by atoms with van der Waals surface area (Å²) < 4.78 is 0. The van der Waals surface area contributed by atoms with Crippen molar-refractivity contribution in [3.63, 3.8) is 0 Å². The Kier molecular flexibility index (Phi) is 6.17. The molecule has 3 atom stereocenters. The van der Waals surface area contributed by atoms with Crippen LogP contribution in [0.5, 0.6) is 0 Å². The van der Waals surface area contributed by atoms with Crippen molar-refractivity contribution in [3.05, 3.63) is 11.6 Å². The molecule has 3 rings (SSSR count). The first kappa shape index (κ1) is 15.6. The van der Waals surface area contributed by atoms with Crippen LogP contribution in [0.2, 0.25) is 0 Å². The van der Waals surface area contributed by atoms with E-state index in [2.05, 4.69) is 16.7 Å². The molecule has 3 aliphatic rings. The Morgan fingerprint density at radius 2 is 1.90 bits per heavy atom. The van der Waals surface area contributed by atoms with Gasteiger partial charge in [0.2, 0.25) is 0 Å². The Balaban J connectivity index is 1.46. The van der Waals surface area contributed by atoms with Crippen LogP contribution in [0.1, 0.15) is 77.0 Å². The molecule has 0 amide bonds. The molecule has 1 heterocycles. The zero-order valence-corrected chi connectivity index (χ0v) is 13.7. The SMILES string of the molecule is C1=C(CCNC2CCCCC2C2CCCCN2)CCCC1. The molecule has 0 aromatic rings. The summed E-state index contributed by atoms with van der Waals surface area (Å²) in [5.41, 5.74) is 1.72. The fourth-order valence-corrected chi connectivity index (χ4v) is 4.69. The van der Waals surface area contributed by atoms with Gasteiger partial charge in [0, 0.05) is 12.1 Å². The van der Waals surface area contributed by atoms with Crippen molar-refractivity contribution >= 4 is 0 Å². The Bertz CT molecular complexity index is 330. The van der Waals surface area contributed by atoms with Gasteiger partial charge in [-0.3, -0.25) is 0 Å². The molecular formula is C19H34N2. The normalized spacial score (nSPS) is 34.5. The Morgan fingerprint density at radius 3 is 2.71 bits per heavy atom. The minimum atomic E-state index is 0.776. The molecule has 21 heavy (non-hydrogen) atoms. The van der Waals surface area contributed by atoms with Crippen molar-refractivity contribution in [2.75, 3.05) is 13.1 Å². The Labute approximate surface area is 131 Å². The fourth-order valence-electron chi connectivity index (χ4n) is 4.69. The third-order valence-electron chi connectivity index (χ3n) is 5.92. The van der Waals surface area contributed by atoms with Gasteiger partial charge in [0.25, 0.3) is 0 Å². The van der Waals surface area contributed by atoms with E-state index in [-0.39, 0.29) is 0 Å². The van der Waals surface area contributed by atoms with Crippen LogP contribution < -0.4 is 10.6 Å². The summed E-state index contributed by atoms with van der Waals surface area (Å²) in [4.78, 5) is 0. The molecule has 2 nitrogen and oxygen atoms in total. The van der Waals surface area contributed by atoms with Gasteiger partial charge < -0.3 is 10.6 Å². The number of allylic oxidation sites excluding steroid dienone is 1. The van der Waals surface area contributed by atoms with Crippen LogP contribution in [0.4, 0.5) is 0 Å². The summed E-state index contributed by atoms with van der Waals surface area (Å²) in [6, 6.07) is 1.57. The van der Waals surface area contributed by atoms with Gasteiger partial charge in [0.05, 0.1) is 0 Å². The minimum absolute atomic E-state index is 0.776. The third kappa shape index (κ3) is 4.56. The average Bonchev–Trinajstić information content (AvgIpc) is 2.57. The predicted octanol–water partition coefficient (Wildman–Crippen LogP) is 4.17. The van der Waals surface area contributed by atoms with Crippen LogP contribution in [-0.4, -0.2) is 25.2 Å². The van der Waals surface area contributed by atoms with Gasteiger partial charge in [0.15, 0.2) is 0 Å². The van der Waals surface area contributed by atoms with Crippen LogP contribution in [-0.2, 0) is 0 Å². The van der Waals surface area contributed by atoms with Crippen molar-refractivity contribution in [1.82, 2.24) is 10.6 Å². The summed E-state index contributed by atoms with van der Waals surface area (Å²) >= 11 is 0. The number of hydrogen-bond acceptors (Lipinski definition) is 2. The first-order valence-corrected chi connectivity index (χ1v) is 9.58. The van der Waals surface area contributed by atoms with Crippen LogP contribution >= 0.6 is 0 Å². The van der Waals surface area contributed by atoms with E-state index >= 15 is 0 Å². The van der Waals surface area contributed by atoms with Gasteiger partial charge in [-0.2, -0.15) is 0 Å². The summed E-state index contributed by atoms with van der Waals surface area (Å²) in [5.74, 6) is 0.888. The molecule has 120 valence electrons. The van der Waals surface area contributed by atoms with Crippen LogP contribution in [0, 0.1) is 5.92 Å². The fraction of sp³-hybridized carbons (Fsp3) is 0.895. The molecule has 2 N–H and O–H groups in total. The molecule has 0 bridgehead atoms. The van der Waals surface area contributed by atoms with Crippen molar-refractivity contribution in [1.29, 1.82) is 0 Å². The van der Waals surface area contributed by atoms with Crippen molar-refractivity contribution in [2.45, 2.75) is 89.1 Å². The molecule has 1 saturated heterocycles. The number of piperidine rings is 1. The van der Waals surface area contributed by atoms with E-state index in [1.165, 1.54) is 90.1 Å². The van der Waals surface area contributed by atoms with Crippen molar-refractivity contribution in [3.8, 4) is 0 Å². The zero-order valence-electron chi connectivity index (χ0n) is 13.7. The molecule has 2 heteroatoms. The third-order valence-corrected chi connectivity index (χ3v) is 5.92. The average molecular weight is 290 g/mol. The van der Waals surface area contributed by atoms with E-state index in [0.29, 0.717) is 0 Å². The summed E-state index contributed by atoms with van der Waals surface area (Å²) in [6.07, 6.45) is 19.3. The lowest BCUT2D eigenvalue weighted by Gasteiger charge is -2.40. The highest BCUT2D eigenvalue weighted by Gasteiger charge is 2.31.